The summed E-state index contributed by atoms with van der Waals surface area (Å²) in [6.45, 7) is 1.91. The topological polar surface area (TPSA) is 67.2 Å². The van der Waals surface area contributed by atoms with Gasteiger partial charge in [0.25, 0.3) is 0 Å². The van der Waals surface area contributed by atoms with Crippen LogP contribution in [0.25, 0.3) is 0 Å². The van der Waals surface area contributed by atoms with Gasteiger partial charge in [-0.2, -0.15) is 5.26 Å². The third-order valence-corrected chi connectivity index (χ3v) is 1.96. The quantitative estimate of drug-likeness (QED) is 0.437. The minimum Gasteiger partial charge on any atom is -0.466 e. The van der Waals surface area contributed by atoms with Gasteiger partial charge >= 0.3 is 5.97 Å². The molecule has 0 bridgehead atoms. The summed E-state index contributed by atoms with van der Waals surface area (Å²) in [5, 5.41) is 8.79. The molecule has 0 N–H and O–H groups in total. The summed E-state index contributed by atoms with van der Waals surface area (Å²) in [6, 6.07) is 8.30. The van der Waals surface area contributed by atoms with Gasteiger partial charge in [-0.1, -0.05) is 18.2 Å². The number of carbonyl (C=O) groups excluding carboxylic acids is 2. The van der Waals surface area contributed by atoms with Gasteiger partial charge in [0.05, 0.1) is 18.2 Å². The molecule has 82 valence electrons. The second-order valence-corrected chi connectivity index (χ2v) is 3.06. The zero-order chi connectivity index (χ0) is 12.0. The van der Waals surface area contributed by atoms with Crippen molar-refractivity contribution in [2.45, 2.75) is 13.3 Å². The first-order valence-electron chi connectivity index (χ1n) is 4.87. The summed E-state index contributed by atoms with van der Waals surface area (Å²) < 4.78 is 4.66. The second kappa shape index (κ2) is 5.66. The van der Waals surface area contributed by atoms with E-state index < -0.39 is 11.8 Å². The largest absolute Gasteiger partial charge is 0.466 e. The van der Waals surface area contributed by atoms with E-state index in [0.29, 0.717) is 0 Å². The fourth-order valence-electron chi connectivity index (χ4n) is 1.26. The number of benzene rings is 1. The van der Waals surface area contributed by atoms with Gasteiger partial charge in [0, 0.05) is 5.56 Å². The second-order valence-electron chi connectivity index (χ2n) is 3.06. The predicted molar refractivity (Wildman–Crippen MR) is 56.7 cm³/mol. The fraction of sp³-hybridized carbons (Fsp3) is 0.250. The average Bonchev–Trinajstić information content (AvgIpc) is 2.29. The zero-order valence-electron chi connectivity index (χ0n) is 8.90. The number of nitrogens with zero attached hydrogens (tertiary/aromatic N) is 1. The maximum absolute atomic E-state index is 11.7. The van der Waals surface area contributed by atoms with Gasteiger partial charge in [-0.25, -0.2) is 0 Å². The molecule has 0 radical (unpaired) electrons. The monoisotopic (exact) mass is 217 g/mol. The predicted octanol–water partition coefficient (Wildman–Crippen LogP) is 1.69. The summed E-state index contributed by atoms with van der Waals surface area (Å²) >= 11 is 0. The van der Waals surface area contributed by atoms with Gasteiger partial charge in [-0.15, -0.1) is 0 Å². The van der Waals surface area contributed by atoms with Crippen LogP contribution in [0.1, 0.15) is 29.3 Å². The molecule has 0 aliphatic rings. The zero-order valence-corrected chi connectivity index (χ0v) is 8.90. The van der Waals surface area contributed by atoms with Crippen molar-refractivity contribution in [2.24, 2.45) is 0 Å². The number of carbonyl (C=O) groups is 2. The summed E-state index contributed by atoms with van der Waals surface area (Å²) in [4.78, 5) is 22.8. The van der Waals surface area contributed by atoms with Crippen LogP contribution in [-0.2, 0) is 9.53 Å². The average molecular weight is 217 g/mol. The Balaban J connectivity index is 2.81. The maximum atomic E-state index is 11.7. The van der Waals surface area contributed by atoms with Crippen molar-refractivity contribution < 1.29 is 14.3 Å². The minimum atomic E-state index is -0.569. The van der Waals surface area contributed by atoms with Crippen LogP contribution in [0, 0.1) is 11.3 Å². The number of esters is 1. The Morgan fingerprint density at radius 3 is 2.69 bits per heavy atom. The van der Waals surface area contributed by atoms with Crippen LogP contribution in [0.15, 0.2) is 24.3 Å². The van der Waals surface area contributed by atoms with E-state index in [1.54, 1.807) is 25.1 Å². The summed E-state index contributed by atoms with van der Waals surface area (Å²) in [5.41, 5.74) is 0.537. The van der Waals surface area contributed by atoms with Crippen molar-refractivity contribution in [3.05, 3.63) is 35.4 Å². The Bertz CT molecular complexity index is 446. The molecule has 1 aromatic carbocycles. The molecule has 1 aromatic rings. The molecule has 0 fully saturated rings. The highest BCUT2D eigenvalue weighted by molar-refractivity contribution is 6.07. The number of hydrogen-bond donors (Lipinski definition) is 0. The number of ketones is 1. The molecular formula is C12H11NO3. The van der Waals surface area contributed by atoms with Crippen molar-refractivity contribution in [3.8, 4) is 6.07 Å². The number of ether oxygens (including phenoxy) is 1. The van der Waals surface area contributed by atoms with E-state index in [-0.39, 0.29) is 24.2 Å². The molecule has 0 aromatic heterocycles. The lowest BCUT2D eigenvalue weighted by molar-refractivity contribution is -0.141. The molecule has 0 unspecified atom stereocenters. The molecule has 0 spiro atoms. The van der Waals surface area contributed by atoms with Crippen LogP contribution in [0.4, 0.5) is 0 Å². The molecule has 0 saturated carbocycles. The van der Waals surface area contributed by atoms with Crippen LogP contribution in [0.3, 0.4) is 0 Å². The van der Waals surface area contributed by atoms with Crippen molar-refractivity contribution >= 4 is 11.8 Å². The highest BCUT2D eigenvalue weighted by atomic mass is 16.5. The van der Waals surface area contributed by atoms with Crippen LogP contribution in [0.2, 0.25) is 0 Å². The van der Waals surface area contributed by atoms with Crippen molar-refractivity contribution in [2.75, 3.05) is 6.61 Å². The number of nitriles is 1. The first-order chi connectivity index (χ1) is 7.69. The lowest BCUT2D eigenvalue weighted by atomic mass is 10.0. The van der Waals surface area contributed by atoms with Gasteiger partial charge < -0.3 is 4.74 Å². The third-order valence-electron chi connectivity index (χ3n) is 1.96. The van der Waals surface area contributed by atoms with Crippen LogP contribution >= 0.6 is 0 Å². The Morgan fingerprint density at radius 1 is 1.38 bits per heavy atom. The standard InChI is InChI=1S/C12H11NO3/c1-2-16-12(15)7-11(14)10-6-4-3-5-9(10)8-13/h3-6H,2,7H2,1H3. The lowest BCUT2D eigenvalue weighted by Gasteiger charge is -2.02. The van der Waals surface area contributed by atoms with Crippen LogP contribution < -0.4 is 0 Å². The highest BCUT2D eigenvalue weighted by Gasteiger charge is 2.15. The van der Waals surface area contributed by atoms with Gasteiger partial charge in [0.1, 0.15) is 6.42 Å². The summed E-state index contributed by atoms with van der Waals surface area (Å²) in [5.74, 6) is -0.962. The summed E-state index contributed by atoms with van der Waals surface area (Å²) in [6.07, 6.45) is -0.327. The SMILES string of the molecule is CCOC(=O)CC(=O)c1ccccc1C#N. The van der Waals surface area contributed by atoms with Gasteiger partial charge in [0.2, 0.25) is 0 Å². The van der Waals surface area contributed by atoms with E-state index in [4.69, 9.17) is 5.26 Å². The van der Waals surface area contributed by atoms with Crippen LogP contribution in [0.5, 0.6) is 0 Å². The van der Waals surface area contributed by atoms with Gasteiger partial charge in [-0.3, -0.25) is 9.59 Å². The third kappa shape index (κ3) is 2.92. The van der Waals surface area contributed by atoms with Crippen molar-refractivity contribution in [3.63, 3.8) is 0 Å². The molecule has 4 heteroatoms. The molecule has 4 nitrogen and oxygen atoms in total. The molecule has 16 heavy (non-hydrogen) atoms. The molecule has 0 amide bonds. The molecule has 0 aliphatic heterocycles. The van der Waals surface area contributed by atoms with Gasteiger partial charge in [-0.05, 0) is 13.0 Å². The molecule has 0 heterocycles. The van der Waals surface area contributed by atoms with Gasteiger partial charge in [0.15, 0.2) is 5.78 Å². The van der Waals surface area contributed by atoms with Crippen LogP contribution in [-0.4, -0.2) is 18.4 Å². The van der Waals surface area contributed by atoms with Crippen molar-refractivity contribution in [1.82, 2.24) is 0 Å². The molecule has 0 aliphatic carbocycles. The van der Waals surface area contributed by atoms with E-state index in [9.17, 15) is 9.59 Å². The Hall–Kier alpha value is -2.15. The van der Waals surface area contributed by atoms with E-state index in [1.165, 1.54) is 6.07 Å². The number of Topliss-reactive ketones (excluding diaryl/α,β-unsaturated/α-hetero) is 1. The van der Waals surface area contributed by atoms with E-state index in [1.807, 2.05) is 6.07 Å². The molecule has 0 atom stereocenters. The molecule has 1 rings (SSSR count). The van der Waals surface area contributed by atoms with E-state index >= 15 is 0 Å². The lowest BCUT2D eigenvalue weighted by Crippen LogP contribution is -2.12. The maximum Gasteiger partial charge on any atom is 0.313 e. The van der Waals surface area contributed by atoms with E-state index in [2.05, 4.69) is 4.74 Å². The first-order valence-corrected chi connectivity index (χ1v) is 4.87. The minimum absolute atomic E-state index is 0.242. The smallest absolute Gasteiger partial charge is 0.313 e. The Kier molecular flexibility index (Phi) is 4.22. The van der Waals surface area contributed by atoms with Crippen molar-refractivity contribution in [1.29, 1.82) is 5.26 Å². The number of hydrogen-bond acceptors (Lipinski definition) is 4. The molecular weight excluding hydrogens is 206 g/mol. The highest BCUT2D eigenvalue weighted by Crippen LogP contribution is 2.10. The first kappa shape index (κ1) is 11.9. The summed E-state index contributed by atoms with van der Waals surface area (Å²) in [7, 11) is 0. The normalized spacial score (nSPS) is 9.25. The molecule has 0 saturated heterocycles. The number of rotatable bonds is 4. The van der Waals surface area contributed by atoms with E-state index in [0.717, 1.165) is 0 Å². The Morgan fingerprint density at radius 2 is 2.06 bits per heavy atom. The fourth-order valence-corrected chi connectivity index (χ4v) is 1.26. The Labute approximate surface area is 93.5 Å².